The summed E-state index contributed by atoms with van der Waals surface area (Å²) in [7, 11) is 0. The van der Waals surface area contributed by atoms with Crippen molar-refractivity contribution >= 4 is 17.6 Å². The Labute approximate surface area is 65.3 Å². The molecule has 0 heterocycles. The Balaban J connectivity index is 3.80. The van der Waals surface area contributed by atoms with Gasteiger partial charge >= 0.3 is 0 Å². The monoisotopic (exact) mass is 164 g/mol. The van der Waals surface area contributed by atoms with Crippen molar-refractivity contribution in [2.45, 2.75) is 31.7 Å². The van der Waals surface area contributed by atoms with E-state index in [1.54, 1.807) is 6.92 Å². The second-order valence-electron chi connectivity index (χ2n) is 2.09. The zero-order valence-corrected chi connectivity index (χ0v) is 6.58. The molecule has 0 bridgehead atoms. The first-order valence-corrected chi connectivity index (χ1v) is 3.60. The molecule has 0 aliphatic heterocycles. The molecule has 10 heavy (non-hydrogen) atoms. The van der Waals surface area contributed by atoms with Crippen molar-refractivity contribution in [1.29, 1.82) is 0 Å². The van der Waals surface area contributed by atoms with Gasteiger partial charge in [-0.15, -0.1) is 0 Å². The minimum atomic E-state index is -1.15. The molecule has 0 spiro atoms. The highest BCUT2D eigenvalue weighted by Gasteiger charge is 2.20. The van der Waals surface area contributed by atoms with Crippen LogP contribution in [0.15, 0.2) is 0 Å². The van der Waals surface area contributed by atoms with Crippen LogP contribution in [0.1, 0.15) is 13.3 Å². The van der Waals surface area contributed by atoms with Crippen molar-refractivity contribution in [2.75, 3.05) is 0 Å². The largest absolute Gasteiger partial charge is 0.390 e. The molecule has 0 rings (SSSR count). The normalized spacial score (nSPS) is 19.6. The predicted molar refractivity (Wildman–Crippen MR) is 42.0 cm³/mol. The van der Waals surface area contributed by atoms with Crippen molar-refractivity contribution in [2.24, 2.45) is 0 Å². The number of rotatable bonds is 4. The second kappa shape index (κ2) is 4.73. The smallest absolute Gasteiger partial charge is 0.111 e. The molecule has 0 aliphatic rings. The van der Waals surface area contributed by atoms with Crippen LogP contribution in [0.4, 0.5) is 0 Å². The Morgan fingerprint density at radius 1 is 1.40 bits per heavy atom. The molecule has 0 saturated carbocycles. The molecule has 0 unspecified atom stereocenters. The van der Waals surface area contributed by atoms with Crippen LogP contribution in [0.2, 0.25) is 0 Å². The van der Waals surface area contributed by atoms with Gasteiger partial charge in [0, 0.05) is 5.37 Å². The number of hydrogen-bond donors (Lipinski definition) is 3. The first-order valence-electron chi connectivity index (χ1n) is 3.13. The molecule has 0 aromatic carbocycles. The standard InChI is InChI=1S/C6H12O3S/c1-2-4(7)6(9)5(8)3-10/h3-9H,2H2,1H3/t4-,5+,6+/m1/s1. The zero-order valence-electron chi connectivity index (χ0n) is 5.77. The van der Waals surface area contributed by atoms with Gasteiger partial charge in [-0.25, -0.2) is 0 Å². The Kier molecular flexibility index (Phi) is 4.72. The topological polar surface area (TPSA) is 60.7 Å². The van der Waals surface area contributed by atoms with E-state index >= 15 is 0 Å². The van der Waals surface area contributed by atoms with Gasteiger partial charge in [0.05, 0.1) is 6.10 Å². The quantitative estimate of drug-likeness (QED) is 0.489. The maximum atomic E-state index is 8.99. The van der Waals surface area contributed by atoms with Crippen molar-refractivity contribution in [3.63, 3.8) is 0 Å². The minimum Gasteiger partial charge on any atom is -0.390 e. The van der Waals surface area contributed by atoms with E-state index in [1.807, 2.05) is 0 Å². The molecule has 0 amide bonds. The van der Waals surface area contributed by atoms with E-state index in [1.165, 1.54) is 0 Å². The van der Waals surface area contributed by atoms with Crippen molar-refractivity contribution in [3.05, 3.63) is 0 Å². The van der Waals surface area contributed by atoms with Gasteiger partial charge in [-0.1, -0.05) is 19.1 Å². The lowest BCUT2D eigenvalue weighted by atomic mass is 10.1. The van der Waals surface area contributed by atoms with Gasteiger partial charge < -0.3 is 15.3 Å². The molecule has 0 aromatic heterocycles. The summed E-state index contributed by atoms with van der Waals surface area (Å²) in [4.78, 5) is 0. The molecule has 60 valence electrons. The summed E-state index contributed by atoms with van der Waals surface area (Å²) in [6.07, 6.45) is -2.75. The molecule has 0 fully saturated rings. The lowest BCUT2D eigenvalue weighted by Crippen LogP contribution is -2.37. The third-order valence-corrected chi connectivity index (χ3v) is 1.58. The molecule has 0 aliphatic carbocycles. The van der Waals surface area contributed by atoms with Crippen LogP contribution < -0.4 is 0 Å². The highest BCUT2D eigenvalue weighted by molar-refractivity contribution is 7.79. The number of aliphatic hydroxyl groups is 3. The fraction of sp³-hybridized carbons (Fsp3) is 0.833. The molecule has 4 heteroatoms. The molecule has 0 aromatic rings. The van der Waals surface area contributed by atoms with Crippen LogP contribution in [0.5, 0.6) is 0 Å². The van der Waals surface area contributed by atoms with Gasteiger partial charge in [0.15, 0.2) is 0 Å². The molecule has 3 atom stereocenters. The maximum absolute atomic E-state index is 8.99. The van der Waals surface area contributed by atoms with Crippen LogP contribution >= 0.6 is 12.2 Å². The van der Waals surface area contributed by atoms with E-state index in [9.17, 15) is 0 Å². The van der Waals surface area contributed by atoms with Crippen LogP contribution in [-0.4, -0.2) is 39.0 Å². The lowest BCUT2D eigenvalue weighted by molar-refractivity contribution is -0.0331. The van der Waals surface area contributed by atoms with Gasteiger partial charge in [-0.2, -0.15) is 0 Å². The second-order valence-corrected chi connectivity index (χ2v) is 2.37. The van der Waals surface area contributed by atoms with Crippen LogP contribution in [-0.2, 0) is 0 Å². The van der Waals surface area contributed by atoms with Crippen molar-refractivity contribution < 1.29 is 15.3 Å². The molecule has 3 nitrogen and oxygen atoms in total. The molecule has 0 saturated heterocycles. The zero-order chi connectivity index (χ0) is 8.15. The van der Waals surface area contributed by atoms with E-state index in [0.717, 1.165) is 5.37 Å². The Morgan fingerprint density at radius 2 is 1.90 bits per heavy atom. The van der Waals surface area contributed by atoms with Gasteiger partial charge in [0.25, 0.3) is 0 Å². The lowest BCUT2D eigenvalue weighted by Gasteiger charge is -2.18. The van der Waals surface area contributed by atoms with Crippen LogP contribution in [0, 0.1) is 0 Å². The molecule has 3 N–H and O–H groups in total. The van der Waals surface area contributed by atoms with E-state index in [-0.39, 0.29) is 0 Å². The summed E-state index contributed by atoms with van der Waals surface area (Å²) >= 11 is 4.37. The predicted octanol–water partition coefficient (Wildman–Crippen LogP) is -0.521. The third kappa shape index (κ3) is 2.70. The summed E-state index contributed by atoms with van der Waals surface area (Å²) < 4.78 is 0. The highest BCUT2D eigenvalue weighted by Crippen LogP contribution is 2.01. The molecular formula is C6H12O3S. The van der Waals surface area contributed by atoms with E-state index < -0.39 is 18.3 Å². The summed E-state index contributed by atoms with van der Waals surface area (Å²) in [6, 6.07) is 0. The average Bonchev–Trinajstić information content (AvgIpc) is 2.00. The SMILES string of the molecule is CC[C@@H](O)[C@H](O)[C@@H](O)C=S. The Hall–Kier alpha value is -0.0300. The fourth-order valence-electron chi connectivity index (χ4n) is 0.550. The Bertz CT molecular complexity index is 107. The number of hydrogen-bond acceptors (Lipinski definition) is 4. The number of thiocarbonyl (C=S) groups is 1. The minimum absolute atomic E-state index is 0.404. The molecule has 0 radical (unpaired) electrons. The van der Waals surface area contributed by atoms with E-state index in [4.69, 9.17) is 15.3 Å². The van der Waals surface area contributed by atoms with Crippen LogP contribution in [0.3, 0.4) is 0 Å². The van der Waals surface area contributed by atoms with Gasteiger partial charge in [-0.3, -0.25) is 0 Å². The van der Waals surface area contributed by atoms with Gasteiger partial charge in [0.1, 0.15) is 12.2 Å². The maximum Gasteiger partial charge on any atom is 0.111 e. The van der Waals surface area contributed by atoms with Gasteiger partial charge in [0.2, 0.25) is 0 Å². The van der Waals surface area contributed by atoms with Crippen molar-refractivity contribution in [3.8, 4) is 0 Å². The molecular weight excluding hydrogens is 152 g/mol. The highest BCUT2D eigenvalue weighted by atomic mass is 32.1. The third-order valence-electron chi connectivity index (χ3n) is 1.30. The summed E-state index contributed by atoms with van der Waals surface area (Å²) in [5, 5.41) is 27.8. The summed E-state index contributed by atoms with van der Waals surface area (Å²) in [6.45, 7) is 1.71. The number of aliphatic hydroxyl groups excluding tert-OH is 3. The first kappa shape index (κ1) is 9.97. The van der Waals surface area contributed by atoms with Crippen molar-refractivity contribution in [1.82, 2.24) is 0 Å². The fourth-order valence-corrected chi connectivity index (χ4v) is 0.711. The van der Waals surface area contributed by atoms with E-state index in [0.29, 0.717) is 6.42 Å². The van der Waals surface area contributed by atoms with Gasteiger partial charge in [-0.05, 0) is 6.42 Å². The summed E-state index contributed by atoms with van der Waals surface area (Å²) in [5.41, 5.74) is 0. The van der Waals surface area contributed by atoms with E-state index in [2.05, 4.69) is 12.2 Å². The van der Waals surface area contributed by atoms with Crippen LogP contribution in [0.25, 0.3) is 0 Å². The summed E-state index contributed by atoms with van der Waals surface area (Å²) in [5.74, 6) is 0. The first-order chi connectivity index (χ1) is 4.63. The average molecular weight is 164 g/mol. The Morgan fingerprint density at radius 3 is 2.20 bits per heavy atom.